The van der Waals surface area contributed by atoms with Crippen molar-refractivity contribution in [3.8, 4) is 0 Å². The molecule has 11 heavy (non-hydrogen) atoms. The second kappa shape index (κ2) is 3.20. The largest absolute Gasteiger partial charge is 0.301 e. The van der Waals surface area contributed by atoms with E-state index in [0.717, 1.165) is 0 Å². The summed E-state index contributed by atoms with van der Waals surface area (Å²) in [6, 6.07) is 0. The molecule has 0 aliphatic carbocycles. The van der Waals surface area contributed by atoms with Crippen molar-refractivity contribution in [1.82, 2.24) is 15.0 Å². The molecule has 0 aliphatic heterocycles. The third-order valence-corrected chi connectivity index (χ3v) is 1.09. The second-order valence-corrected chi connectivity index (χ2v) is 2.22. The van der Waals surface area contributed by atoms with Gasteiger partial charge >= 0.3 is 0 Å². The number of nitrogens with zero attached hydrogens (tertiary/aromatic N) is 2. The third-order valence-electron chi connectivity index (χ3n) is 0.882. The molecular weight excluding hydrogens is 164 g/mol. The van der Waals surface area contributed by atoms with Gasteiger partial charge < -0.3 is 4.98 Å². The van der Waals surface area contributed by atoms with E-state index in [-0.39, 0.29) is 5.91 Å². The number of hydrogen-bond acceptors (Lipinski definition) is 4. The van der Waals surface area contributed by atoms with E-state index in [1.165, 1.54) is 13.3 Å². The minimum atomic E-state index is -0.200. The van der Waals surface area contributed by atoms with Gasteiger partial charge in [-0.05, 0) is 12.2 Å². The van der Waals surface area contributed by atoms with E-state index in [1.807, 2.05) is 0 Å². The van der Waals surface area contributed by atoms with Gasteiger partial charge in [-0.25, -0.2) is 9.97 Å². The molecule has 0 fully saturated rings. The highest BCUT2D eigenvalue weighted by atomic mass is 32.1. The average Bonchev–Trinajstić information content (AvgIpc) is 1.85. The SMILES string of the molecule is CC(=O)Nc1ncnc(=S)[nH]1. The van der Waals surface area contributed by atoms with Crippen molar-refractivity contribution >= 4 is 24.1 Å². The van der Waals surface area contributed by atoms with Crippen molar-refractivity contribution in [2.45, 2.75) is 6.92 Å². The van der Waals surface area contributed by atoms with E-state index >= 15 is 0 Å². The Bertz CT molecular complexity index is 320. The molecule has 0 aromatic carbocycles. The highest BCUT2D eigenvalue weighted by molar-refractivity contribution is 7.71. The summed E-state index contributed by atoms with van der Waals surface area (Å²) in [7, 11) is 0. The number of carbonyl (C=O) groups excluding carboxylic acids is 1. The van der Waals surface area contributed by atoms with Gasteiger partial charge in [0.25, 0.3) is 0 Å². The predicted molar refractivity (Wildman–Crippen MR) is 41.5 cm³/mol. The number of aromatic amines is 1. The van der Waals surface area contributed by atoms with E-state index in [4.69, 9.17) is 12.2 Å². The fraction of sp³-hybridized carbons (Fsp3) is 0.200. The molecule has 5 nitrogen and oxygen atoms in total. The van der Waals surface area contributed by atoms with Gasteiger partial charge in [-0.15, -0.1) is 0 Å². The lowest BCUT2D eigenvalue weighted by Gasteiger charge is -1.97. The zero-order valence-corrected chi connectivity index (χ0v) is 6.60. The van der Waals surface area contributed by atoms with Crippen molar-refractivity contribution in [2.24, 2.45) is 0 Å². The Labute approximate surface area is 67.9 Å². The van der Waals surface area contributed by atoms with Crippen LogP contribution >= 0.6 is 12.2 Å². The molecule has 2 N–H and O–H groups in total. The molecule has 0 bridgehead atoms. The third kappa shape index (κ3) is 2.42. The van der Waals surface area contributed by atoms with E-state index in [0.29, 0.717) is 10.7 Å². The summed E-state index contributed by atoms with van der Waals surface area (Å²) in [4.78, 5) is 20.5. The molecule has 0 atom stereocenters. The highest BCUT2D eigenvalue weighted by Gasteiger charge is 1.94. The van der Waals surface area contributed by atoms with Crippen LogP contribution in [-0.2, 0) is 4.79 Å². The van der Waals surface area contributed by atoms with Gasteiger partial charge in [0, 0.05) is 6.92 Å². The van der Waals surface area contributed by atoms with Crippen molar-refractivity contribution in [3.05, 3.63) is 11.1 Å². The van der Waals surface area contributed by atoms with Crippen LogP contribution in [0.3, 0.4) is 0 Å². The van der Waals surface area contributed by atoms with E-state index in [2.05, 4.69) is 20.3 Å². The monoisotopic (exact) mass is 170 g/mol. The average molecular weight is 170 g/mol. The zero-order valence-electron chi connectivity index (χ0n) is 5.79. The number of aromatic nitrogens is 3. The summed E-state index contributed by atoms with van der Waals surface area (Å²) in [6.07, 6.45) is 1.28. The molecule has 1 aromatic rings. The highest BCUT2D eigenvalue weighted by Crippen LogP contribution is 1.92. The summed E-state index contributed by atoms with van der Waals surface area (Å²) in [6.45, 7) is 1.39. The van der Waals surface area contributed by atoms with Gasteiger partial charge in [0.15, 0.2) is 0 Å². The normalized spacial score (nSPS) is 9.18. The van der Waals surface area contributed by atoms with Crippen molar-refractivity contribution in [1.29, 1.82) is 0 Å². The second-order valence-electron chi connectivity index (χ2n) is 1.83. The first-order chi connectivity index (χ1) is 5.18. The Balaban J connectivity index is 2.88. The summed E-state index contributed by atoms with van der Waals surface area (Å²) in [5.41, 5.74) is 0. The van der Waals surface area contributed by atoms with E-state index in [9.17, 15) is 4.79 Å². The van der Waals surface area contributed by atoms with Gasteiger partial charge in [0.2, 0.25) is 16.6 Å². The lowest BCUT2D eigenvalue weighted by molar-refractivity contribution is -0.114. The van der Waals surface area contributed by atoms with Crippen LogP contribution in [0.25, 0.3) is 0 Å². The lowest BCUT2D eigenvalue weighted by atomic mass is 10.7. The summed E-state index contributed by atoms with van der Waals surface area (Å²) in [5.74, 6) is 0.117. The first kappa shape index (κ1) is 7.80. The van der Waals surface area contributed by atoms with Crippen LogP contribution in [0.1, 0.15) is 6.92 Å². The number of nitrogens with one attached hydrogen (secondary N) is 2. The van der Waals surface area contributed by atoms with Gasteiger partial charge in [0.05, 0.1) is 0 Å². The number of carbonyl (C=O) groups is 1. The molecule has 6 heteroatoms. The Morgan fingerprint density at radius 1 is 1.73 bits per heavy atom. The lowest BCUT2D eigenvalue weighted by Crippen LogP contribution is -2.09. The molecule has 0 unspecified atom stereocenters. The van der Waals surface area contributed by atoms with Gasteiger partial charge in [-0.1, -0.05) is 0 Å². The standard InChI is InChI=1S/C5H6N4OS/c1-3(10)8-4-6-2-7-5(11)9-4/h2H,1H3,(H2,6,7,8,9,10,11). The molecule has 1 rings (SSSR count). The topological polar surface area (TPSA) is 70.7 Å². The summed E-state index contributed by atoms with van der Waals surface area (Å²) >= 11 is 4.69. The number of rotatable bonds is 1. The molecule has 1 heterocycles. The molecule has 0 spiro atoms. The first-order valence-corrected chi connectivity index (χ1v) is 3.28. The number of hydrogen-bond donors (Lipinski definition) is 2. The maximum absolute atomic E-state index is 10.5. The maximum Gasteiger partial charge on any atom is 0.223 e. The first-order valence-electron chi connectivity index (χ1n) is 2.87. The number of H-pyrrole nitrogens is 1. The molecule has 0 aliphatic rings. The van der Waals surface area contributed by atoms with E-state index in [1.54, 1.807) is 0 Å². The summed E-state index contributed by atoms with van der Waals surface area (Å²) < 4.78 is 0.295. The number of anilines is 1. The van der Waals surface area contributed by atoms with Gasteiger partial charge in [-0.2, -0.15) is 0 Å². The smallest absolute Gasteiger partial charge is 0.223 e. The van der Waals surface area contributed by atoms with Crippen LogP contribution in [0.2, 0.25) is 0 Å². The number of amides is 1. The fourth-order valence-corrected chi connectivity index (χ4v) is 0.679. The van der Waals surface area contributed by atoms with Crippen molar-refractivity contribution < 1.29 is 4.79 Å². The Kier molecular flexibility index (Phi) is 2.27. The minimum Gasteiger partial charge on any atom is -0.301 e. The Hall–Kier alpha value is -1.30. The van der Waals surface area contributed by atoms with Gasteiger partial charge in [0.1, 0.15) is 6.33 Å². The molecule has 1 amide bonds. The van der Waals surface area contributed by atoms with Crippen LogP contribution in [0.5, 0.6) is 0 Å². The molecule has 0 saturated carbocycles. The van der Waals surface area contributed by atoms with Crippen molar-refractivity contribution in [3.63, 3.8) is 0 Å². The van der Waals surface area contributed by atoms with Crippen molar-refractivity contribution in [2.75, 3.05) is 5.32 Å². The molecule has 0 radical (unpaired) electrons. The van der Waals surface area contributed by atoms with Crippen LogP contribution in [0.4, 0.5) is 5.95 Å². The molecule has 1 aromatic heterocycles. The fourth-order valence-electron chi connectivity index (χ4n) is 0.535. The minimum absolute atomic E-state index is 0.200. The quantitative estimate of drug-likeness (QED) is 0.602. The van der Waals surface area contributed by atoms with Gasteiger partial charge in [-0.3, -0.25) is 10.1 Å². The Morgan fingerprint density at radius 3 is 3.00 bits per heavy atom. The molecule has 58 valence electrons. The Morgan fingerprint density at radius 2 is 2.45 bits per heavy atom. The predicted octanol–water partition coefficient (Wildman–Crippen LogP) is 0.493. The van der Waals surface area contributed by atoms with Crippen LogP contribution in [0.15, 0.2) is 6.33 Å². The van der Waals surface area contributed by atoms with Crippen LogP contribution in [-0.4, -0.2) is 20.9 Å². The van der Waals surface area contributed by atoms with Crippen LogP contribution in [0, 0.1) is 4.77 Å². The summed E-state index contributed by atoms with van der Waals surface area (Å²) in [5, 5.41) is 2.43. The zero-order chi connectivity index (χ0) is 8.27. The molecular formula is C5H6N4OS. The maximum atomic E-state index is 10.5. The van der Waals surface area contributed by atoms with Crippen LogP contribution < -0.4 is 5.32 Å². The van der Waals surface area contributed by atoms with E-state index < -0.39 is 0 Å². The molecule has 0 saturated heterocycles.